The first kappa shape index (κ1) is 20.6. The van der Waals surface area contributed by atoms with Gasteiger partial charge in [-0.25, -0.2) is 0 Å². The molecule has 0 aliphatic heterocycles. The van der Waals surface area contributed by atoms with E-state index in [9.17, 15) is 0 Å². The molecular weight excluding hydrogens is 348 g/mol. The summed E-state index contributed by atoms with van der Waals surface area (Å²) in [6.07, 6.45) is 0. The Morgan fingerprint density at radius 2 is 0.885 bits per heavy atom. The Labute approximate surface area is 169 Å². The molecule has 0 aromatic heterocycles. The Hall–Kier alpha value is -1.76. The van der Waals surface area contributed by atoms with Gasteiger partial charge in [-0.2, -0.15) is 12.1 Å². The van der Waals surface area contributed by atoms with Crippen molar-refractivity contribution in [2.24, 2.45) is 0 Å². The molecule has 0 N–H and O–H groups in total. The van der Waals surface area contributed by atoms with Gasteiger partial charge in [0.15, 0.2) is 0 Å². The fraction of sp³-hybridized carbons (Fsp3) is 0.240. The first-order chi connectivity index (χ1) is 12.4. The average molecular weight is 376 g/mol. The van der Waals surface area contributed by atoms with Crippen molar-refractivity contribution in [1.82, 2.24) is 0 Å². The second-order valence-electron chi connectivity index (χ2n) is 7.12. The molecule has 0 fully saturated rings. The van der Waals surface area contributed by atoms with Crippen molar-refractivity contribution >= 4 is 26.4 Å². The van der Waals surface area contributed by atoms with Crippen molar-refractivity contribution < 1.29 is 20.0 Å². The molecule has 4 aromatic carbocycles. The second kappa shape index (κ2) is 8.76. The minimum absolute atomic E-state index is 1.36. The van der Waals surface area contributed by atoms with E-state index in [0.717, 1.165) is 0 Å². The Bertz CT molecular complexity index is 865. The van der Waals surface area contributed by atoms with Crippen LogP contribution in [0.5, 0.6) is 0 Å². The van der Waals surface area contributed by atoms with Gasteiger partial charge >= 0.3 is 24.8 Å². The van der Waals surface area contributed by atoms with Crippen LogP contribution >= 0.6 is 0 Å². The molecule has 0 aliphatic rings. The van der Waals surface area contributed by atoms with Crippen molar-refractivity contribution in [2.45, 2.75) is 41.5 Å². The van der Waals surface area contributed by atoms with Gasteiger partial charge in [-0.15, -0.1) is 68.1 Å². The quantitative estimate of drug-likeness (QED) is 0.230. The van der Waals surface area contributed by atoms with Crippen LogP contribution in [0.25, 0.3) is 21.5 Å². The molecule has 0 heterocycles. The SMILES string of the molecule is Cc1cc2c(C)ccc(C)c2[cH-]1.Cc1cc2c(C)ccc(C)c2[cH-]1.[CH2]=[Ti+2]. The molecule has 26 heavy (non-hydrogen) atoms. The molecule has 0 bridgehead atoms. The summed E-state index contributed by atoms with van der Waals surface area (Å²) < 4.78 is 0. The number of hydrogen-bond acceptors (Lipinski definition) is 0. The van der Waals surface area contributed by atoms with E-state index in [1.54, 1.807) is 20.0 Å². The Balaban J connectivity index is 0.000000171. The molecule has 132 valence electrons. The summed E-state index contributed by atoms with van der Waals surface area (Å²) in [6, 6.07) is 17.8. The van der Waals surface area contributed by atoms with Crippen LogP contribution in [0.3, 0.4) is 0 Å². The zero-order valence-corrected chi connectivity index (χ0v) is 18.4. The van der Waals surface area contributed by atoms with E-state index in [2.05, 4.69) is 94.9 Å². The van der Waals surface area contributed by atoms with Crippen molar-refractivity contribution in [1.29, 1.82) is 0 Å². The third-order valence-corrected chi connectivity index (χ3v) is 4.93. The van der Waals surface area contributed by atoms with Gasteiger partial charge in [0.25, 0.3) is 0 Å². The van der Waals surface area contributed by atoms with Gasteiger partial charge in [-0.3, -0.25) is 0 Å². The topological polar surface area (TPSA) is 0 Å². The first-order valence-corrected chi connectivity index (χ1v) is 10.1. The number of benzene rings is 2. The minimum atomic E-state index is 1.36. The third kappa shape index (κ3) is 4.31. The van der Waals surface area contributed by atoms with Crippen LogP contribution in [0.15, 0.2) is 48.5 Å². The van der Waals surface area contributed by atoms with Crippen LogP contribution < -0.4 is 0 Å². The maximum absolute atomic E-state index is 3.25. The molecule has 0 nitrogen and oxygen atoms in total. The summed E-state index contributed by atoms with van der Waals surface area (Å²) >= 11 is 1.75. The molecule has 0 saturated carbocycles. The molecule has 0 amide bonds. The Morgan fingerprint density at radius 1 is 0.577 bits per heavy atom. The molecule has 0 radical (unpaired) electrons. The predicted octanol–water partition coefficient (Wildman–Crippen LogP) is 6.93. The van der Waals surface area contributed by atoms with Gasteiger partial charge in [0.1, 0.15) is 0 Å². The standard InChI is InChI=1S/2C12H13.CH2.Ti/c2*1-8-6-11-9(2)4-5-10(3)12(11)7-8;;/h2*4-7H,1-3H3;1H2;/q2*-1;;+2. The summed E-state index contributed by atoms with van der Waals surface area (Å²) in [4.78, 5) is 3.25. The number of aryl methyl sites for hydroxylation is 6. The molecule has 0 saturated heterocycles. The monoisotopic (exact) mass is 376 g/mol. The number of rotatable bonds is 0. The zero-order valence-electron chi connectivity index (χ0n) is 16.8. The van der Waals surface area contributed by atoms with E-state index in [-0.39, 0.29) is 0 Å². The maximum atomic E-state index is 3.25. The van der Waals surface area contributed by atoms with E-state index < -0.39 is 0 Å². The summed E-state index contributed by atoms with van der Waals surface area (Å²) in [7, 11) is 0. The van der Waals surface area contributed by atoms with Crippen molar-refractivity contribution in [3.63, 3.8) is 0 Å². The molecule has 0 spiro atoms. The molecule has 0 unspecified atom stereocenters. The van der Waals surface area contributed by atoms with Crippen molar-refractivity contribution in [2.75, 3.05) is 0 Å². The second-order valence-corrected chi connectivity index (χ2v) is 7.12. The molecule has 0 aliphatic carbocycles. The first-order valence-electron chi connectivity index (χ1n) is 8.98. The van der Waals surface area contributed by atoms with Crippen LogP contribution in [0.4, 0.5) is 0 Å². The van der Waals surface area contributed by atoms with Gasteiger partial charge in [0.05, 0.1) is 0 Å². The summed E-state index contributed by atoms with van der Waals surface area (Å²) in [6.45, 7) is 13.0. The predicted molar refractivity (Wildman–Crippen MR) is 115 cm³/mol. The summed E-state index contributed by atoms with van der Waals surface area (Å²) in [5.74, 6) is 0. The number of hydrogen-bond donors (Lipinski definition) is 0. The average Bonchev–Trinajstić information content (AvgIpc) is 3.21. The molecule has 4 aromatic rings. The van der Waals surface area contributed by atoms with Gasteiger partial charge in [0.2, 0.25) is 0 Å². The van der Waals surface area contributed by atoms with E-state index in [0.29, 0.717) is 0 Å². The molecule has 0 atom stereocenters. The molecular formula is C25H28Ti. The third-order valence-electron chi connectivity index (χ3n) is 4.93. The number of fused-ring (bicyclic) bond motifs is 2. The van der Waals surface area contributed by atoms with Crippen LogP contribution in [0.2, 0.25) is 0 Å². The zero-order chi connectivity index (χ0) is 19.4. The van der Waals surface area contributed by atoms with Crippen LogP contribution in [0, 0.1) is 41.5 Å². The fourth-order valence-electron chi connectivity index (χ4n) is 3.47. The van der Waals surface area contributed by atoms with E-state index >= 15 is 0 Å². The van der Waals surface area contributed by atoms with Gasteiger partial charge in [-0.05, 0) is 13.8 Å². The van der Waals surface area contributed by atoms with E-state index in [1.165, 1.54) is 54.9 Å². The summed E-state index contributed by atoms with van der Waals surface area (Å²) in [5, 5.41) is 5.64. The van der Waals surface area contributed by atoms with Crippen molar-refractivity contribution in [3.8, 4) is 0 Å². The molecule has 4 rings (SSSR count). The van der Waals surface area contributed by atoms with E-state index in [4.69, 9.17) is 0 Å². The Morgan fingerprint density at radius 3 is 1.19 bits per heavy atom. The van der Waals surface area contributed by atoms with Crippen LogP contribution in [-0.4, -0.2) is 4.82 Å². The van der Waals surface area contributed by atoms with Gasteiger partial charge in [-0.1, -0.05) is 51.0 Å². The summed E-state index contributed by atoms with van der Waals surface area (Å²) in [5.41, 5.74) is 8.24. The van der Waals surface area contributed by atoms with Gasteiger partial charge in [0, 0.05) is 0 Å². The van der Waals surface area contributed by atoms with Crippen LogP contribution in [-0.2, 0) is 20.0 Å². The normalized spacial score (nSPS) is 10.3. The fourth-order valence-corrected chi connectivity index (χ4v) is 3.47. The van der Waals surface area contributed by atoms with E-state index in [1.807, 2.05) is 0 Å². The van der Waals surface area contributed by atoms with Crippen LogP contribution in [0.1, 0.15) is 33.4 Å². The van der Waals surface area contributed by atoms with Gasteiger partial charge < -0.3 is 0 Å². The Kier molecular flexibility index (Phi) is 6.92. The molecule has 1 heteroatoms. The van der Waals surface area contributed by atoms with Crippen molar-refractivity contribution in [3.05, 3.63) is 81.9 Å².